The van der Waals surface area contributed by atoms with Crippen molar-refractivity contribution in [3.63, 3.8) is 0 Å². The number of nitrogens with zero attached hydrogens (tertiary/aromatic N) is 4. The number of imidazole rings is 1. The molecule has 1 aliphatic heterocycles. The first-order valence-corrected chi connectivity index (χ1v) is 15.0. The molecule has 2 atom stereocenters. The van der Waals surface area contributed by atoms with Crippen molar-refractivity contribution in [3.05, 3.63) is 78.5 Å². The summed E-state index contributed by atoms with van der Waals surface area (Å²) in [5.41, 5.74) is 11.1. The number of likely N-dealkylation sites (tertiary alicyclic amines) is 1. The summed E-state index contributed by atoms with van der Waals surface area (Å²) in [7, 11) is 0. The van der Waals surface area contributed by atoms with Gasteiger partial charge in [-0.15, -0.1) is 0 Å². The number of pyridine rings is 1. The molecule has 0 bridgehead atoms. The lowest BCUT2D eigenvalue weighted by molar-refractivity contribution is -0.00635. The molecular weight excluding hydrogens is 512 g/mol. The number of piperidine rings is 1. The van der Waals surface area contributed by atoms with Gasteiger partial charge >= 0.3 is 0 Å². The molecule has 0 radical (unpaired) electrons. The molecule has 2 aromatic heterocycles. The molecule has 41 heavy (non-hydrogen) atoms. The van der Waals surface area contributed by atoms with Crippen molar-refractivity contribution in [3.8, 4) is 11.3 Å². The Kier molecular flexibility index (Phi) is 10.0. The normalized spacial score (nSPS) is 16.3. The van der Waals surface area contributed by atoms with E-state index in [4.69, 9.17) is 25.2 Å². The Bertz CT molecular complexity index is 1370. The highest BCUT2D eigenvalue weighted by Crippen LogP contribution is 2.31. The largest absolute Gasteiger partial charge is 0.379 e. The Balaban J connectivity index is 1.44. The predicted molar refractivity (Wildman–Crippen MR) is 166 cm³/mol. The van der Waals surface area contributed by atoms with E-state index in [2.05, 4.69) is 52.9 Å². The second-order valence-corrected chi connectivity index (χ2v) is 11.2. The van der Waals surface area contributed by atoms with Crippen LogP contribution in [0.2, 0.25) is 0 Å². The van der Waals surface area contributed by atoms with E-state index in [0.29, 0.717) is 31.8 Å². The lowest BCUT2D eigenvalue weighted by Gasteiger charge is -2.35. The summed E-state index contributed by atoms with van der Waals surface area (Å²) in [4.78, 5) is 12.6. The smallest absolute Gasteiger partial charge is 0.206 e. The summed E-state index contributed by atoms with van der Waals surface area (Å²) in [6.07, 6.45) is 1.59. The summed E-state index contributed by atoms with van der Waals surface area (Å²) in [6.45, 7) is 11.0. The van der Waals surface area contributed by atoms with Gasteiger partial charge in [0.1, 0.15) is 0 Å². The monoisotopic (exact) mass is 556 g/mol. The molecule has 8 heteroatoms. The second-order valence-electron chi connectivity index (χ2n) is 11.2. The zero-order valence-electron chi connectivity index (χ0n) is 24.6. The van der Waals surface area contributed by atoms with Gasteiger partial charge in [-0.25, -0.2) is 9.97 Å². The molecule has 1 saturated heterocycles. The minimum absolute atomic E-state index is 0.206. The van der Waals surface area contributed by atoms with E-state index in [0.717, 1.165) is 66.4 Å². The Labute approximate surface area is 243 Å². The molecule has 0 saturated carbocycles. The second kappa shape index (κ2) is 14.0. The van der Waals surface area contributed by atoms with Gasteiger partial charge in [0, 0.05) is 43.9 Å². The van der Waals surface area contributed by atoms with Gasteiger partial charge in [-0.1, -0.05) is 62.4 Å². The van der Waals surface area contributed by atoms with Crippen LogP contribution < -0.4 is 11.1 Å². The van der Waals surface area contributed by atoms with E-state index in [9.17, 15) is 0 Å². The van der Waals surface area contributed by atoms with E-state index in [1.807, 2.05) is 55.5 Å². The van der Waals surface area contributed by atoms with Crippen LogP contribution in [0.4, 0.5) is 5.95 Å². The number of para-hydroxylation sites is 2. The van der Waals surface area contributed by atoms with Crippen LogP contribution in [0, 0.1) is 5.92 Å². The van der Waals surface area contributed by atoms with Crippen LogP contribution in [-0.2, 0) is 9.47 Å². The number of benzene rings is 2. The van der Waals surface area contributed by atoms with Crippen LogP contribution in [0.1, 0.15) is 45.5 Å². The summed E-state index contributed by atoms with van der Waals surface area (Å²) < 4.78 is 14.3. The van der Waals surface area contributed by atoms with Crippen molar-refractivity contribution >= 4 is 17.0 Å². The van der Waals surface area contributed by atoms with Crippen LogP contribution in [0.15, 0.2) is 72.8 Å². The first kappa shape index (κ1) is 29.2. The molecule has 2 aromatic carbocycles. The molecule has 3 heterocycles. The minimum atomic E-state index is -0.474. The van der Waals surface area contributed by atoms with Crippen molar-refractivity contribution in [2.45, 2.75) is 51.9 Å². The Morgan fingerprint density at radius 2 is 1.68 bits per heavy atom. The van der Waals surface area contributed by atoms with Crippen molar-refractivity contribution in [2.75, 3.05) is 44.8 Å². The fraction of sp³-hybridized carbons (Fsp3) is 0.455. The molecule has 4 aromatic rings. The van der Waals surface area contributed by atoms with E-state index in [1.165, 1.54) is 0 Å². The van der Waals surface area contributed by atoms with Crippen LogP contribution >= 0.6 is 0 Å². The predicted octanol–water partition coefficient (Wildman–Crippen LogP) is 5.56. The molecule has 1 fully saturated rings. The molecule has 2 unspecified atom stereocenters. The van der Waals surface area contributed by atoms with Gasteiger partial charge in [-0.05, 0) is 49.9 Å². The maximum Gasteiger partial charge on any atom is 0.206 e. The molecule has 218 valence electrons. The SMILES string of the molecule is CCOCCOC(c1cccc(-c2ccccc2)n1)n1c(NC2CCN(CC(N)C(C)C)CC2)nc2ccccc21. The highest BCUT2D eigenvalue weighted by atomic mass is 16.5. The number of hydrogen-bond acceptors (Lipinski definition) is 7. The molecule has 0 aliphatic carbocycles. The van der Waals surface area contributed by atoms with Crippen LogP contribution in [0.5, 0.6) is 0 Å². The third-order valence-electron chi connectivity index (χ3n) is 7.88. The number of hydrogen-bond donors (Lipinski definition) is 2. The van der Waals surface area contributed by atoms with Gasteiger partial charge in [0.05, 0.1) is 35.6 Å². The first-order chi connectivity index (χ1) is 20.0. The van der Waals surface area contributed by atoms with Crippen LogP contribution in [0.25, 0.3) is 22.3 Å². The van der Waals surface area contributed by atoms with Gasteiger partial charge in [0.2, 0.25) is 5.95 Å². The Hall–Kier alpha value is -3.30. The van der Waals surface area contributed by atoms with E-state index < -0.39 is 6.23 Å². The molecule has 1 aliphatic rings. The fourth-order valence-electron chi connectivity index (χ4n) is 5.35. The molecule has 8 nitrogen and oxygen atoms in total. The van der Waals surface area contributed by atoms with Crippen LogP contribution in [-0.4, -0.2) is 71.0 Å². The van der Waals surface area contributed by atoms with Crippen molar-refractivity contribution < 1.29 is 9.47 Å². The average molecular weight is 557 g/mol. The molecule has 0 spiro atoms. The van der Waals surface area contributed by atoms with Crippen molar-refractivity contribution in [1.82, 2.24) is 19.4 Å². The average Bonchev–Trinajstić information content (AvgIpc) is 3.36. The van der Waals surface area contributed by atoms with Gasteiger partial charge in [0.15, 0.2) is 6.23 Å². The van der Waals surface area contributed by atoms with Gasteiger partial charge in [-0.3, -0.25) is 4.57 Å². The first-order valence-electron chi connectivity index (χ1n) is 15.0. The standard InChI is InChI=1S/C33H44N6O2/c1-4-40-21-22-41-32(30-15-10-14-28(36-30)25-11-6-5-7-12-25)39-31-16-9-8-13-29(31)37-33(39)35-26-17-19-38(20-18-26)23-27(34)24(2)3/h5-16,24,26-27,32H,4,17-23,34H2,1-3H3,(H,35,37). The highest BCUT2D eigenvalue weighted by Gasteiger charge is 2.27. The van der Waals surface area contributed by atoms with Gasteiger partial charge in [0.25, 0.3) is 0 Å². The number of anilines is 1. The summed E-state index contributed by atoms with van der Waals surface area (Å²) in [6, 6.07) is 25.1. The zero-order valence-corrected chi connectivity index (χ0v) is 24.6. The van der Waals surface area contributed by atoms with E-state index in [-0.39, 0.29) is 6.04 Å². The third kappa shape index (κ3) is 7.32. The topological polar surface area (TPSA) is 90.5 Å². The Morgan fingerprint density at radius 3 is 2.44 bits per heavy atom. The molecule has 0 amide bonds. The minimum Gasteiger partial charge on any atom is -0.379 e. The van der Waals surface area contributed by atoms with Gasteiger partial charge in [-0.2, -0.15) is 0 Å². The summed E-state index contributed by atoms with van der Waals surface area (Å²) in [5, 5.41) is 3.79. The fourth-order valence-corrected chi connectivity index (χ4v) is 5.35. The Morgan fingerprint density at radius 1 is 0.927 bits per heavy atom. The van der Waals surface area contributed by atoms with Crippen LogP contribution in [0.3, 0.4) is 0 Å². The third-order valence-corrected chi connectivity index (χ3v) is 7.88. The van der Waals surface area contributed by atoms with Crippen molar-refractivity contribution in [1.29, 1.82) is 0 Å². The summed E-state index contributed by atoms with van der Waals surface area (Å²) in [5.74, 6) is 1.29. The molecule has 3 N–H and O–H groups in total. The molecular formula is C33H44N6O2. The highest BCUT2D eigenvalue weighted by molar-refractivity contribution is 5.79. The number of rotatable bonds is 13. The number of nitrogens with one attached hydrogen (secondary N) is 1. The molecule has 5 rings (SSSR count). The van der Waals surface area contributed by atoms with Crippen molar-refractivity contribution in [2.24, 2.45) is 11.7 Å². The number of fused-ring (bicyclic) bond motifs is 1. The maximum atomic E-state index is 6.56. The van der Waals surface area contributed by atoms with E-state index >= 15 is 0 Å². The number of aromatic nitrogens is 3. The lowest BCUT2D eigenvalue weighted by atomic mass is 10.0. The zero-order chi connectivity index (χ0) is 28.6. The van der Waals surface area contributed by atoms with E-state index in [1.54, 1.807) is 0 Å². The number of nitrogens with two attached hydrogens (primary N) is 1. The number of ether oxygens (including phenoxy) is 2. The lowest BCUT2D eigenvalue weighted by Crippen LogP contribution is -2.46. The maximum absolute atomic E-state index is 6.56. The summed E-state index contributed by atoms with van der Waals surface area (Å²) >= 11 is 0. The van der Waals surface area contributed by atoms with Gasteiger partial charge < -0.3 is 25.4 Å². The quantitative estimate of drug-likeness (QED) is 0.209.